The Bertz CT molecular complexity index is 941. The third kappa shape index (κ3) is 2.98. The van der Waals surface area contributed by atoms with Crippen LogP contribution in [0.2, 0.25) is 0 Å². The highest BCUT2D eigenvalue weighted by Gasteiger charge is 2.10. The third-order valence-electron chi connectivity index (χ3n) is 3.58. The smallest absolute Gasteiger partial charge is 0.125 e. The van der Waals surface area contributed by atoms with Crippen LogP contribution in [-0.4, -0.2) is 13.0 Å². The largest absolute Gasteiger partial charge is 0.744 e. The van der Waals surface area contributed by atoms with Crippen molar-refractivity contribution in [2.24, 2.45) is 0 Å². The Morgan fingerprint density at radius 1 is 0.818 bits per heavy atom. The van der Waals surface area contributed by atoms with Gasteiger partial charge in [0.15, 0.2) is 0 Å². The van der Waals surface area contributed by atoms with Gasteiger partial charge in [0.25, 0.3) is 0 Å². The number of benzene rings is 3. The molecule has 0 unspecified atom stereocenters. The number of fused-ring (bicyclic) bond motifs is 2. The van der Waals surface area contributed by atoms with Crippen LogP contribution in [0.5, 0.6) is 0 Å². The molecule has 0 N–H and O–H groups in total. The van der Waals surface area contributed by atoms with E-state index in [0.29, 0.717) is 5.39 Å². The van der Waals surface area contributed by atoms with Crippen molar-refractivity contribution in [2.75, 3.05) is 0 Å². The van der Waals surface area contributed by atoms with Gasteiger partial charge in [-0.1, -0.05) is 43.7 Å². The molecule has 22 heavy (non-hydrogen) atoms. The van der Waals surface area contributed by atoms with E-state index in [9.17, 15) is 13.0 Å². The maximum absolute atomic E-state index is 11.4. The van der Waals surface area contributed by atoms with Crippen molar-refractivity contribution in [1.29, 1.82) is 0 Å². The van der Waals surface area contributed by atoms with Crippen molar-refractivity contribution < 1.29 is 13.0 Å². The minimum absolute atomic E-state index is 0.152. The van der Waals surface area contributed by atoms with E-state index in [-0.39, 0.29) is 4.90 Å². The quantitative estimate of drug-likeness (QED) is 0.489. The Hall–Kier alpha value is -1.91. The van der Waals surface area contributed by atoms with Crippen molar-refractivity contribution in [3.05, 3.63) is 53.6 Å². The highest BCUT2D eigenvalue weighted by atomic mass is 32.2. The van der Waals surface area contributed by atoms with Crippen molar-refractivity contribution in [3.8, 4) is 0 Å². The predicted molar refractivity (Wildman–Crippen MR) is 90.2 cm³/mol. The lowest BCUT2D eigenvalue weighted by Crippen LogP contribution is -2.00. The molecular weight excluding hydrogens is 296 g/mol. The topological polar surface area (TPSA) is 57.2 Å². The second-order valence-corrected chi connectivity index (χ2v) is 6.43. The minimum Gasteiger partial charge on any atom is -0.744 e. The highest BCUT2D eigenvalue weighted by molar-refractivity contribution is 7.86. The minimum atomic E-state index is -4.47. The summed E-state index contributed by atoms with van der Waals surface area (Å²) < 4.78 is 34.2. The average molecular weight is 315 g/mol. The molecule has 0 radical (unpaired) electrons. The van der Waals surface area contributed by atoms with E-state index in [1.807, 2.05) is 52.0 Å². The first-order chi connectivity index (χ1) is 10.4. The highest BCUT2D eigenvalue weighted by Crippen LogP contribution is 2.30. The second kappa shape index (κ2) is 6.07. The van der Waals surface area contributed by atoms with Crippen molar-refractivity contribution in [2.45, 2.75) is 32.6 Å². The molecule has 3 aromatic rings. The van der Waals surface area contributed by atoms with Crippen LogP contribution in [0.3, 0.4) is 0 Å². The lowest BCUT2D eigenvalue weighted by Gasteiger charge is -2.13. The van der Waals surface area contributed by atoms with E-state index in [1.54, 1.807) is 12.1 Å². The first kappa shape index (κ1) is 16.5. The molecule has 0 aliphatic rings. The Labute approximate surface area is 131 Å². The van der Waals surface area contributed by atoms with E-state index >= 15 is 0 Å². The molecule has 116 valence electrons. The molecule has 0 aromatic heterocycles. The molecule has 0 saturated carbocycles. The third-order valence-corrected chi connectivity index (χ3v) is 4.47. The molecule has 0 amide bonds. The monoisotopic (exact) mass is 315 g/mol. The van der Waals surface area contributed by atoms with E-state index in [0.717, 1.165) is 27.3 Å². The fraction of sp³-hybridized carbons (Fsp3) is 0.222. The van der Waals surface area contributed by atoms with Gasteiger partial charge in [-0.05, 0) is 53.8 Å². The predicted octanol–water partition coefficient (Wildman–Crippen LogP) is 4.54. The van der Waals surface area contributed by atoms with Gasteiger partial charge in [0.1, 0.15) is 10.1 Å². The van der Waals surface area contributed by atoms with Crippen LogP contribution in [-0.2, 0) is 10.1 Å². The standard InChI is InChI=1S/C16H14O3S.C2H6/c1-10-3-5-12-8-15-14(9-13(12)7-10)11(2)4-6-16(15)20(17,18)19;1-2/h3-9H,1-2H3,(H,17,18,19);1-2H3/p-1. The summed E-state index contributed by atoms with van der Waals surface area (Å²) in [4.78, 5) is -0.152. The molecule has 0 aliphatic carbocycles. The summed E-state index contributed by atoms with van der Waals surface area (Å²) in [6.07, 6.45) is 0. The SMILES string of the molecule is CC.Cc1ccc2cc3c(S(=O)(=O)[O-])ccc(C)c3cc2c1. The van der Waals surface area contributed by atoms with Gasteiger partial charge in [0.2, 0.25) is 0 Å². The average Bonchev–Trinajstić information content (AvgIpc) is 2.47. The van der Waals surface area contributed by atoms with Gasteiger partial charge >= 0.3 is 0 Å². The van der Waals surface area contributed by atoms with Crippen LogP contribution in [0.25, 0.3) is 21.5 Å². The molecule has 3 nitrogen and oxygen atoms in total. The first-order valence-electron chi connectivity index (χ1n) is 7.26. The van der Waals surface area contributed by atoms with Gasteiger partial charge in [-0.25, -0.2) is 8.42 Å². The van der Waals surface area contributed by atoms with Crippen LogP contribution in [0.4, 0.5) is 0 Å². The molecule has 0 saturated heterocycles. The molecule has 0 spiro atoms. The molecule has 3 aromatic carbocycles. The summed E-state index contributed by atoms with van der Waals surface area (Å²) >= 11 is 0. The van der Waals surface area contributed by atoms with E-state index in [4.69, 9.17) is 0 Å². The first-order valence-corrected chi connectivity index (χ1v) is 8.67. The van der Waals surface area contributed by atoms with Gasteiger partial charge < -0.3 is 4.55 Å². The van der Waals surface area contributed by atoms with Gasteiger partial charge in [-0.3, -0.25) is 0 Å². The summed E-state index contributed by atoms with van der Waals surface area (Å²) in [6.45, 7) is 7.92. The van der Waals surface area contributed by atoms with Crippen molar-refractivity contribution in [3.63, 3.8) is 0 Å². The Balaban J connectivity index is 0.000000847. The van der Waals surface area contributed by atoms with Gasteiger partial charge in [-0.15, -0.1) is 0 Å². The maximum atomic E-state index is 11.4. The normalized spacial score (nSPS) is 11.3. The van der Waals surface area contributed by atoms with Gasteiger partial charge in [0.05, 0.1) is 4.90 Å². The lowest BCUT2D eigenvalue weighted by molar-refractivity contribution is 0.464. The molecule has 4 heteroatoms. The number of hydrogen-bond donors (Lipinski definition) is 0. The van der Waals surface area contributed by atoms with E-state index in [2.05, 4.69) is 0 Å². The van der Waals surface area contributed by atoms with Crippen LogP contribution in [0.1, 0.15) is 25.0 Å². The van der Waals surface area contributed by atoms with Gasteiger partial charge in [0, 0.05) is 5.39 Å². The van der Waals surface area contributed by atoms with Gasteiger partial charge in [-0.2, -0.15) is 0 Å². The second-order valence-electron chi connectivity index (χ2n) is 5.08. The van der Waals surface area contributed by atoms with Crippen molar-refractivity contribution >= 4 is 31.7 Å². The zero-order valence-corrected chi connectivity index (χ0v) is 14.0. The molecule has 0 aliphatic heterocycles. The molecule has 3 rings (SSSR count). The zero-order chi connectivity index (χ0) is 16.5. The summed E-state index contributed by atoms with van der Waals surface area (Å²) in [5.41, 5.74) is 2.10. The molecule has 0 fully saturated rings. The fourth-order valence-corrected chi connectivity index (χ4v) is 3.22. The van der Waals surface area contributed by atoms with Crippen LogP contribution >= 0.6 is 0 Å². The summed E-state index contributed by atoms with van der Waals surface area (Å²) in [6, 6.07) is 12.7. The molecular formula is C18H19O3S-. The Morgan fingerprint density at radius 2 is 1.45 bits per heavy atom. The summed E-state index contributed by atoms with van der Waals surface area (Å²) in [5.74, 6) is 0. The Kier molecular flexibility index (Phi) is 4.54. The zero-order valence-electron chi connectivity index (χ0n) is 13.2. The van der Waals surface area contributed by atoms with E-state index < -0.39 is 10.1 Å². The van der Waals surface area contributed by atoms with Crippen LogP contribution in [0, 0.1) is 13.8 Å². The summed E-state index contributed by atoms with van der Waals surface area (Å²) in [5, 5.41) is 3.27. The summed E-state index contributed by atoms with van der Waals surface area (Å²) in [7, 11) is -4.47. The van der Waals surface area contributed by atoms with Crippen LogP contribution < -0.4 is 0 Å². The van der Waals surface area contributed by atoms with E-state index in [1.165, 1.54) is 6.07 Å². The Morgan fingerprint density at radius 3 is 2.09 bits per heavy atom. The lowest BCUT2D eigenvalue weighted by atomic mass is 9.99. The molecule has 0 heterocycles. The number of hydrogen-bond acceptors (Lipinski definition) is 3. The molecule has 0 atom stereocenters. The fourth-order valence-electron chi connectivity index (χ4n) is 2.55. The maximum Gasteiger partial charge on any atom is 0.125 e. The van der Waals surface area contributed by atoms with Crippen LogP contribution in [0.15, 0.2) is 47.4 Å². The number of aryl methyl sites for hydroxylation is 2. The number of rotatable bonds is 1. The van der Waals surface area contributed by atoms with Crippen molar-refractivity contribution in [1.82, 2.24) is 0 Å². The molecule has 0 bridgehead atoms.